The average molecular weight is 180 g/mol. The largest absolute Gasteiger partial charge is 0.387 e. The van der Waals surface area contributed by atoms with E-state index in [-0.39, 0.29) is 6.42 Å². The molecular weight excluding hydrogens is 167 g/mol. The maximum Gasteiger partial charge on any atom is 0.273 e. The van der Waals surface area contributed by atoms with Crippen LogP contribution < -0.4 is 0 Å². The van der Waals surface area contributed by atoms with E-state index >= 15 is 0 Å². The lowest BCUT2D eigenvalue weighted by Gasteiger charge is -2.19. The first-order chi connectivity index (χ1) is 5.04. The molecule has 0 saturated heterocycles. The van der Waals surface area contributed by atoms with Gasteiger partial charge in [-0.25, -0.2) is 0 Å². The van der Waals surface area contributed by atoms with Gasteiger partial charge in [0, 0.05) is 0 Å². The molecule has 5 heteroatoms. The molecule has 3 N–H and O–H groups in total. The highest BCUT2D eigenvalue weighted by Gasteiger charge is 2.33. The SMILES string of the molecule is CCCCC(O)C(O)(O)P=O. The molecule has 0 aliphatic rings. The Morgan fingerprint density at radius 1 is 1.55 bits per heavy atom. The van der Waals surface area contributed by atoms with Crippen LogP contribution in [0.3, 0.4) is 0 Å². The molecule has 1 atom stereocenters. The van der Waals surface area contributed by atoms with Crippen LogP contribution in [0.2, 0.25) is 0 Å². The zero-order valence-corrected chi connectivity index (χ0v) is 7.29. The van der Waals surface area contributed by atoms with E-state index in [2.05, 4.69) is 0 Å². The quantitative estimate of drug-likeness (QED) is 0.424. The summed E-state index contributed by atoms with van der Waals surface area (Å²) in [4.78, 5) is 0. The molecule has 66 valence electrons. The Morgan fingerprint density at radius 3 is 2.45 bits per heavy atom. The molecule has 0 aromatic heterocycles. The molecule has 0 spiro atoms. The molecule has 1 unspecified atom stereocenters. The van der Waals surface area contributed by atoms with E-state index in [1.807, 2.05) is 6.92 Å². The maximum atomic E-state index is 10.1. The molecule has 0 radical (unpaired) electrons. The second-order valence-electron chi connectivity index (χ2n) is 2.44. The summed E-state index contributed by atoms with van der Waals surface area (Å²) in [5.41, 5.74) is -2.48. The number of unbranched alkanes of at least 4 members (excludes halogenated alkanes) is 1. The van der Waals surface area contributed by atoms with Crippen molar-refractivity contribution in [1.82, 2.24) is 0 Å². The minimum absolute atomic E-state index is 0.249. The molecule has 11 heavy (non-hydrogen) atoms. The Balaban J connectivity index is 3.80. The van der Waals surface area contributed by atoms with E-state index in [4.69, 9.17) is 15.3 Å². The van der Waals surface area contributed by atoms with Crippen molar-refractivity contribution < 1.29 is 19.9 Å². The lowest BCUT2D eigenvalue weighted by molar-refractivity contribution is -0.159. The van der Waals surface area contributed by atoms with Crippen LogP contribution in [0, 0.1) is 0 Å². The molecule has 0 aromatic rings. The highest BCUT2D eigenvalue weighted by Crippen LogP contribution is 2.23. The topological polar surface area (TPSA) is 77.8 Å². The zero-order chi connectivity index (χ0) is 8.91. The Hall–Kier alpha value is -0.0200. The predicted octanol–water partition coefficient (Wildman–Crippen LogP) is 0.468. The predicted molar refractivity (Wildman–Crippen MR) is 40.3 cm³/mol. The normalized spacial score (nSPS) is 15.3. The summed E-state index contributed by atoms with van der Waals surface area (Å²) >= 11 is 0. The van der Waals surface area contributed by atoms with Crippen molar-refractivity contribution in [3.8, 4) is 0 Å². The van der Waals surface area contributed by atoms with E-state index in [0.29, 0.717) is 6.42 Å². The molecule has 0 bridgehead atoms. The smallest absolute Gasteiger partial charge is 0.273 e. The first kappa shape index (κ1) is 11.0. The molecule has 4 nitrogen and oxygen atoms in total. The van der Waals surface area contributed by atoms with E-state index in [1.165, 1.54) is 0 Å². The molecule has 0 aliphatic carbocycles. The first-order valence-corrected chi connectivity index (χ1v) is 4.33. The molecule has 0 aromatic carbocycles. The van der Waals surface area contributed by atoms with Crippen molar-refractivity contribution >= 4 is 8.46 Å². The maximum absolute atomic E-state index is 10.1. The van der Waals surface area contributed by atoms with E-state index in [1.54, 1.807) is 0 Å². The summed E-state index contributed by atoms with van der Waals surface area (Å²) in [5, 5.41) is 26.6. The third kappa shape index (κ3) is 3.77. The minimum atomic E-state index is -2.48. The van der Waals surface area contributed by atoms with Gasteiger partial charge in [-0.3, -0.25) is 4.57 Å². The number of hydrogen-bond donors (Lipinski definition) is 3. The third-order valence-electron chi connectivity index (χ3n) is 1.41. The summed E-state index contributed by atoms with van der Waals surface area (Å²) in [6.07, 6.45) is 0.447. The fourth-order valence-electron chi connectivity index (χ4n) is 0.652. The monoisotopic (exact) mass is 180 g/mol. The van der Waals surface area contributed by atoms with Crippen LogP contribution in [0.5, 0.6) is 0 Å². The van der Waals surface area contributed by atoms with Gasteiger partial charge in [-0.2, -0.15) is 0 Å². The van der Waals surface area contributed by atoms with E-state index < -0.39 is 20.1 Å². The van der Waals surface area contributed by atoms with Gasteiger partial charge in [0.05, 0.1) is 0 Å². The highest BCUT2D eigenvalue weighted by atomic mass is 31.1. The Bertz CT molecular complexity index is 126. The summed E-state index contributed by atoms with van der Waals surface area (Å²) in [6, 6.07) is 0. The van der Waals surface area contributed by atoms with Gasteiger partial charge >= 0.3 is 0 Å². The van der Waals surface area contributed by atoms with Gasteiger partial charge in [0.1, 0.15) is 6.10 Å². The van der Waals surface area contributed by atoms with Gasteiger partial charge in [-0.15, -0.1) is 0 Å². The average Bonchev–Trinajstić information content (AvgIpc) is 2.00. The van der Waals surface area contributed by atoms with E-state index in [0.717, 1.165) is 6.42 Å². The van der Waals surface area contributed by atoms with Gasteiger partial charge in [0.15, 0.2) is 0 Å². The zero-order valence-electron chi connectivity index (χ0n) is 6.40. The Kier molecular flexibility index (Phi) is 4.77. The molecule has 0 heterocycles. The summed E-state index contributed by atoms with van der Waals surface area (Å²) < 4.78 is 10.1. The Labute approximate surface area is 67.1 Å². The van der Waals surface area contributed by atoms with Crippen LogP contribution in [0.25, 0.3) is 0 Å². The van der Waals surface area contributed by atoms with Gasteiger partial charge in [-0.1, -0.05) is 19.8 Å². The van der Waals surface area contributed by atoms with Crippen LogP contribution in [-0.4, -0.2) is 27.0 Å². The van der Waals surface area contributed by atoms with Crippen molar-refractivity contribution in [2.24, 2.45) is 0 Å². The molecule has 0 rings (SSSR count). The van der Waals surface area contributed by atoms with Gasteiger partial charge in [0.2, 0.25) is 8.46 Å². The molecule has 0 saturated carbocycles. The van der Waals surface area contributed by atoms with Crippen molar-refractivity contribution in [1.29, 1.82) is 0 Å². The standard InChI is InChI=1S/C6H13O4P/c1-2-3-4-5(7)6(8,9)11-10/h5,7-9H,2-4H2,1H3. The minimum Gasteiger partial charge on any atom is -0.387 e. The molecule has 0 aliphatic heterocycles. The van der Waals surface area contributed by atoms with Crippen molar-refractivity contribution in [2.45, 2.75) is 37.8 Å². The fraction of sp³-hybridized carbons (Fsp3) is 1.00. The highest BCUT2D eigenvalue weighted by molar-refractivity contribution is 7.25. The molecule has 0 fully saturated rings. The van der Waals surface area contributed by atoms with Crippen LogP contribution in [-0.2, 0) is 4.57 Å². The lowest BCUT2D eigenvalue weighted by atomic mass is 10.1. The second-order valence-corrected chi connectivity index (χ2v) is 3.28. The summed E-state index contributed by atoms with van der Waals surface area (Å²) in [5.74, 6) is 0. The van der Waals surface area contributed by atoms with Crippen molar-refractivity contribution in [2.75, 3.05) is 0 Å². The lowest BCUT2D eigenvalue weighted by Crippen LogP contribution is -2.36. The Morgan fingerprint density at radius 2 is 2.09 bits per heavy atom. The van der Waals surface area contributed by atoms with Gasteiger partial charge in [-0.05, 0) is 6.42 Å². The third-order valence-corrected chi connectivity index (χ3v) is 1.98. The number of aliphatic hydroxyl groups is 3. The number of hydrogen-bond acceptors (Lipinski definition) is 4. The number of aliphatic hydroxyl groups excluding tert-OH is 1. The molecule has 0 amide bonds. The molecular formula is C6H13O4P. The van der Waals surface area contributed by atoms with Crippen molar-refractivity contribution in [3.63, 3.8) is 0 Å². The fourth-order valence-corrected chi connectivity index (χ4v) is 0.903. The van der Waals surface area contributed by atoms with E-state index in [9.17, 15) is 4.57 Å². The van der Waals surface area contributed by atoms with Crippen LogP contribution in [0.1, 0.15) is 26.2 Å². The van der Waals surface area contributed by atoms with Crippen LogP contribution >= 0.6 is 8.46 Å². The first-order valence-electron chi connectivity index (χ1n) is 3.52. The van der Waals surface area contributed by atoms with Crippen LogP contribution in [0.4, 0.5) is 0 Å². The van der Waals surface area contributed by atoms with Crippen LogP contribution in [0.15, 0.2) is 0 Å². The summed E-state index contributed by atoms with van der Waals surface area (Å²) in [7, 11) is -0.858. The summed E-state index contributed by atoms with van der Waals surface area (Å²) in [6.45, 7) is 1.91. The van der Waals surface area contributed by atoms with Crippen molar-refractivity contribution in [3.05, 3.63) is 0 Å². The van der Waals surface area contributed by atoms with Gasteiger partial charge < -0.3 is 15.3 Å². The number of rotatable bonds is 5. The van der Waals surface area contributed by atoms with Gasteiger partial charge in [0.25, 0.3) is 5.53 Å². The second kappa shape index (κ2) is 4.78.